The van der Waals surface area contributed by atoms with E-state index in [1.807, 2.05) is 0 Å². The maximum absolute atomic E-state index is 2.30. The van der Waals surface area contributed by atoms with Crippen molar-refractivity contribution in [3.63, 3.8) is 0 Å². The SMILES string of the molecule is CN(C)c1ccc(-c2cc(-c3ccc(N(C)C)cc3)cc(-c3ccc(N(C)C)cc3)c2)cc1. The van der Waals surface area contributed by atoms with E-state index in [4.69, 9.17) is 0 Å². The van der Waals surface area contributed by atoms with Gasteiger partial charge < -0.3 is 14.7 Å². The van der Waals surface area contributed by atoms with Crippen molar-refractivity contribution in [1.29, 1.82) is 0 Å². The van der Waals surface area contributed by atoms with Crippen molar-refractivity contribution >= 4 is 17.1 Å². The Morgan fingerprint density at radius 1 is 0.303 bits per heavy atom. The molecule has 4 aromatic carbocycles. The molecule has 0 N–H and O–H groups in total. The lowest BCUT2D eigenvalue weighted by Gasteiger charge is -2.16. The number of nitrogens with zero attached hydrogens (tertiary/aromatic N) is 3. The van der Waals surface area contributed by atoms with Crippen LogP contribution in [0.1, 0.15) is 0 Å². The van der Waals surface area contributed by atoms with Crippen LogP contribution in [-0.4, -0.2) is 42.3 Å². The van der Waals surface area contributed by atoms with E-state index in [0.29, 0.717) is 0 Å². The molecule has 4 rings (SSSR count). The van der Waals surface area contributed by atoms with Crippen molar-refractivity contribution in [3.8, 4) is 33.4 Å². The van der Waals surface area contributed by atoms with Crippen LogP contribution in [0.4, 0.5) is 17.1 Å². The second-order valence-corrected chi connectivity index (χ2v) is 9.12. The molecule has 0 atom stereocenters. The molecule has 0 bridgehead atoms. The zero-order chi connectivity index (χ0) is 23.5. The maximum Gasteiger partial charge on any atom is 0.0361 e. The van der Waals surface area contributed by atoms with Gasteiger partial charge in [0.15, 0.2) is 0 Å². The summed E-state index contributed by atoms with van der Waals surface area (Å²) in [6, 6.07) is 33.2. The van der Waals surface area contributed by atoms with Gasteiger partial charge >= 0.3 is 0 Å². The van der Waals surface area contributed by atoms with Gasteiger partial charge in [-0.15, -0.1) is 0 Å². The number of hydrogen-bond donors (Lipinski definition) is 0. The first-order valence-electron chi connectivity index (χ1n) is 11.3. The first-order chi connectivity index (χ1) is 15.8. The minimum Gasteiger partial charge on any atom is -0.378 e. The van der Waals surface area contributed by atoms with Gasteiger partial charge in [0.1, 0.15) is 0 Å². The number of rotatable bonds is 6. The minimum absolute atomic E-state index is 1.20. The monoisotopic (exact) mass is 435 g/mol. The van der Waals surface area contributed by atoms with E-state index in [1.54, 1.807) is 0 Å². The van der Waals surface area contributed by atoms with Gasteiger partial charge in [-0.2, -0.15) is 0 Å². The largest absolute Gasteiger partial charge is 0.378 e. The van der Waals surface area contributed by atoms with E-state index in [0.717, 1.165) is 0 Å². The summed E-state index contributed by atoms with van der Waals surface area (Å²) in [5.41, 5.74) is 10.9. The molecule has 0 fully saturated rings. The van der Waals surface area contributed by atoms with Gasteiger partial charge in [-0.1, -0.05) is 36.4 Å². The molecule has 0 aliphatic heterocycles. The average Bonchev–Trinajstić information content (AvgIpc) is 2.84. The molecule has 0 saturated heterocycles. The van der Waals surface area contributed by atoms with Crippen LogP contribution in [0.5, 0.6) is 0 Å². The highest BCUT2D eigenvalue weighted by atomic mass is 15.1. The Labute approximate surface area is 198 Å². The third-order valence-corrected chi connectivity index (χ3v) is 6.08. The van der Waals surface area contributed by atoms with Crippen LogP contribution >= 0.6 is 0 Å². The highest BCUT2D eigenvalue weighted by Crippen LogP contribution is 2.34. The fourth-order valence-electron chi connectivity index (χ4n) is 3.98. The number of anilines is 3. The molecule has 0 heterocycles. The summed E-state index contributed by atoms with van der Waals surface area (Å²) in [6.45, 7) is 0. The van der Waals surface area contributed by atoms with Crippen LogP contribution < -0.4 is 14.7 Å². The maximum atomic E-state index is 2.30. The van der Waals surface area contributed by atoms with Crippen LogP contribution in [0.15, 0.2) is 91.0 Å². The number of hydrogen-bond acceptors (Lipinski definition) is 3. The lowest BCUT2D eigenvalue weighted by molar-refractivity contribution is 1.13. The topological polar surface area (TPSA) is 9.72 Å². The molecule has 0 aliphatic carbocycles. The smallest absolute Gasteiger partial charge is 0.0361 e. The lowest BCUT2D eigenvalue weighted by Crippen LogP contribution is -2.08. The van der Waals surface area contributed by atoms with Gasteiger partial charge in [-0.05, 0) is 88.0 Å². The third kappa shape index (κ3) is 5.04. The Bertz CT molecular complexity index is 1030. The summed E-state index contributed by atoms with van der Waals surface area (Å²) in [5.74, 6) is 0. The van der Waals surface area contributed by atoms with Crippen molar-refractivity contribution in [1.82, 2.24) is 0 Å². The molecule has 0 saturated carbocycles. The molecular weight excluding hydrogens is 402 g/mol. The Morgan fingerprint density at radius 2 is 0.515 bits per heavy atom. The van der Waals surface area contributed by atoms with Crippen molar-refractivity contribution in [2.75, 3.05) is 57.0 Å². The van der Waals surface area contributed by atoms with Gasteiger partial charge in [0.25, 0.3) is 0 Å². The van der Waals surface area contributed by atoms with Crippen molar-refractivity contribution < 1.29 is 0 Å². The fourth-order valence-corrected chi connectivity index (χ4v) is 3.98. The Hall–Kier alpha value is -3.72. The molecule has 0 radical (unpaired) electrons. The molecular formula is C30H33N3. The van der Waals surface area contributed by atoms with Gasteiger partial charge in [-0.25, -0.2) is 0 Å². The summed E-state index contributed by atoms with van der Waals surface area (Å²) < 4.78 is 0. The van der Waals surface area contributed by atoms with Gasteiger partial charge in [0.05, 0.1) is 0 Å². The predicted octanol–water partition coefficient (Wildman–Crippen LogP) is 6.89. The lowest BCUT2D eigenvalue weighted by atomic mass is 9.93. The summed E-state index contributed by atoms with van der Waals surface area (Å²) in [6.07, 6.45) is 0. The van der Waals surface area contributed by atoms with E-state index in [2.05, 4.69) is 148 Å². The molecule has 0 unspecified atom stereocenters. The zero-order valence-electron chi connectivity index (χ0n) is 20.5. The van der Waals surface area contributed by atoms with E-state index in [1.165, 1.54) is 50.4 Å². The highest BCUT2D eigenvalue weighted by Gasteiger charge is 2.09. The molecule has 3 heteroatoms. The third-order valence-electron chi connectivity index (χ3n) is 6.08. The second-order valence-electron chi connectivity index (χ2n) is 9.12. The first kappa shape index (κ1) is 22.5. The Morgan fingerprint density at radius 3 is 0.697 bits per heavy atom. The van der Waals surface area contributed by atoms with Gasteiger partial charge in [-0.3, -0.25) is 0 Å². The Balaban J connectivity index is 1.81. The van der Waals surface area contributed by atoms with Crippen LogP contribution in [0.2, 0.25) is 0 Å². The molecule has 0 amide bonds. The second kappa shape index (κ2) is 9.41. The minimum atomic E-state index is 1.20. The normalized spacial score (nSPS) is 10.7. The fraction of sp³-hybridized carbons (Fsp3) is 0.200. The Kier molecular flexibility index (Phi) is 6.41. The zero-order valence-corrected chi connectivity index (χ0v) is 20.5. The summed E-state index contributed by atoms with van der Waals surface area (Å²) in [7, 11) is 12.4. The van der Waals surface area contributed by atoms with Crippen LogP contribution in [0.25, 0.3) is 33.4 Å². The summed E-state index contributed by atoms with van der Waals surface area (Å²) >= 11 is 0. The van der Waals surface area contributed by atoms with E-state index in [-0.39, 0.29) is 0 Å². The van der Waals surface area contributed by atoms with Crippen molar-refractivity contribution in [2.24, 2.45) is 0 Å². The van der Waals surface area contributed by atoms with Crippen LogP contribution in [0.3, 0.4) is 0 Å². The predicted molar refractivity (Wildman–Crippen MR) is 146 cm³/mol. The standard InChI is InChI=1S/C30H33N3/c1-31(2)28-13-7-22(8-14-28)25-19-26(23-9-15-29(16-10-23)32(3)4)21-27(20-25)24-11-17-30(18-12-24)33(5)6/h7-21H,1-6H3. The highest BCUT2D eigenvalue weighted by molar-refractivity contribution is 5.82. The molecule has 3 nitrogen and oxygen atoms in total. The molecule has 4 aromatic rings. The summed E-state index contributed by atoms with van der Waals surface area (Å²) in [4.78, 5) is 6.39. The molecule has 33 heavy (non-hydrogen) atoms. The van der Waals surface area contributed by atoms with Crippen molar-refractivity contribution in [3.05, 3.63) is 91.0 Å². The van der Waals surface area contributed by atoms with Gasteiger partial charge in [0.2, 0.25) is 0 Å². The first-order valence-corrected chi connectivity index (χ1v) is 11.3. The molecule has 0 spiro atoms. The van der Waals surface area contributed by atoms with E-state index in [9.17, 15) is 0 Å². The van der Waals surface area contributed by atoms with Gasteiger partial charge in [0, 0.05) is 59.3 Å². The molecule has 0 aromatic heterocycles. The van der Waals surface area contributed by atoms with E-state index >= 15 is 0 Å². The quantitative estimate of drug-likeness (QED) is 0.327. The number of benzene rings is 4. The van der Waals surface area contributed by atoms with E-state index < -0.39 is 0 Å². The average molecular weight is 436 g/mol. The van der Waals surface area contributed by atoms with Crippen molar-refractivity contribution in [2.45, 2.75) is 0 Å². The summed E-state index contributed by atoms with van der Waals surface area (Å²) in [5, 5.41) is 0. The molecule has 168 valence electrons. The van der Waals surface area contributed by atoms with Crippen LogP contribution in [-0.2, 0) is 0 Å². The van der Waals surface area contributed by atoms with Crippen LogP contribution in [0, 0.1) is 0 Å². The molecule has 0 aliphatic rings.